The lowest BCUT2D eigenvalue weighted by atomic mass is 10.1. The predicted octanol–water partition coefficient (Wildman–Crippen LogP) is 4.57. The largest absolute Gasteiger partial charge is 0.332 e. The maximum Gasteiger partial charge on any atom is 0.238 e. The van der Waals surface area contributed by atoms with Crippen LogP contribution in [0.25, 0.3) is 0 Å². The van der Waals surface area contributed by atoms with Crippen molar-refractivity contribution in [3.05, 3.63) is 70.2 Å². The first-order chi connectivity index (χ1) is 15.5. The SMILES string of the molecule is Cc1ccc(Nc2nc(CN3CCN(CC(=O)Nc4c(C)cccc4C)CC3)cs2)cc1. The average molecular weight is 450 g/mol. The molecule has 0 unspecified atom stereocenters. The van der Waals surface area contributed by atoms with E-state index in [1.165, 1.54) is 5.56 Å². The van der Waals surface area contributed by atoms with Gasteiger partial charge in [0.1, 0.15) is 0 Å². The zero-order valence-corrected chi connectivity index (χ0v) is 19.8. The number of piperazine rings is 1. The Hall–Kier alpha value is -2.74. The summed E-state index contributed by atoms with van der Waals surface area (Å²) in [6, 6.07) is 14.4. The number of amides is 1. The van der Waals surface area contributed by atoms with Crippen molar-refractivity contribution in [1.82, 2.24) is 14.8 Å². The highest BCUT2D eigenvalue weighted by atomic mass is 32.1. The Labute approximate surface area is 194 Å². The molecule has 1 aliphatic heterocycles. The molecule has 3 aromatic rings. The molecule has 6 nitrogen and oxygen atoms in total. The van der Waals surface area contributed by atoms with Gasteiger partial charge in [-0.25, -0.2) is 4.98 Å². The number of nitrogens with zero attached hydrogens (tertiary/aromatic N) is 3. The second-order valence-electron chi connectivity index (χ2n) is 8.50. The summed E-state index contributed by atoms with van der Waals surface area (Å²) in [4.78, 5) is 21.9. The van der Waals surface area contributed by atoms with E-state index in [2.05, 4.69) is 57.0 Å². The van der Waals surface area contributed by atoms with Crippen molar-refractivity contribution >= 4 is 33.8 Å². The molecule has 0 saturated carbocycles. The van der Waals surface area contributed by atoms with Crippen LogP contribution in [0.15, 0.2) is 47.8 Å². The van der Waals surface area contributed by atoms with Gasteiger partial charge in [0.2, 0.25) is 5.91 Å². The molecule has 1 fully saturated rings. The van der Waals surface area contributed by atoms with E-state index in [1.807, 2.05) is 32.0 Å². The fourth-order valence-electron chi connectivity index (χ4n) is 3.93. The highest BCUT2D eigenvalue weighted by Crippen LogP contribution is 2.22. The smallest absolute Gasteiger partial charge is 0.238 e. The van der Waals surface area contributed by atoms with Crippen LogP contribution in [0, 0.1) is 20.8 Å². The van der Waals surface area contributed by atoms with Gasteiger partial charge in [-0.05, 0) is 44.0 Å². The van der Waals surface area contributed by atoms with E-state index in [1.54, 1.807) is 11.3 Å². The molecule has 1 amide bonds. The van der Waals surface area contributed by atoms with Crippen molar-refractivity contribution in [3.63, 3.8) is 0 Å². The van der Waals surface area contributed by atoms with Crippen LogP contribution in [0.2, 0.25) is 0 Å². The van der Waals surface area contributed by atoms with Crippen LogP contribution in [-0.2, 0) is 11.3 Å². The molecule has 0 radical (unpaired) electrons. The van der Waals surface area contributed by atoms with E-state index >= 15 is 0 Å². The number of para-hydroxylation sites is 1. The van der Waals surface area contributed by atoms with Crippen molar-refractivity contribution in [2.45, 2.75) is 27.3 Å². The van der Waals surface area contributed by atoms with Crippen LogP contribution in [0.5, 0.6) is 0 Å². The van der Waals surface area contributed by atoms with E-state index in [9.17, 15) is 4.79 Å². The summed E-state index contributed by atoms with van der Waals surface area (Å²) in [6.45, 7) is 11.1. The maximum absolute atomic E-state index is 12.5. The molecule has 168 valence electrons. The van der Waals surface area contributed by atoms with Gasteiger partial charge in [-0.1, -0.05) is 35.9 Å². The molecule has 1 aromatic heterocycles. The highest BCUT2D eigenvalue weighted by Gasteiger charge is 2.20. The maximum atomic E-state index is 12.5. The number of aryl methyl sites for hydroxylation is 3. The summed E-state index contributed by atoms with van der Waals surface area (Å²) in [5.74, 6) is 0.0576. The lowest BCUT2D eigenvalue weighted by Gasteiger charge is -2.33. The Kier molecular flexibility index (Phi) is 7.19. The van der Waals surface area contributed by atoms with Gasteiger partial charge >= 0.3 is 0 Å². The van der Waals surface area contributed by atoms with E-state index in [0.717, 1.165) is 66.1 Å². The third-order valence-corrected chi connectivity index (χ3v) is 6.62. The van der Waals surface area contributed by atoms with Gasteiger partial charge in [-0.15, -0.1) is 11.3 Å². The van der Waals surface area contributed by atoms with Gasteiger partial charge in [-0.3, -0.25) is 14.6 Å². The summed E-state index contributed by atoms with van der Waals surface area (Å²) in [6.07, 6.45) is 0. The summed E-state index contributed by atoms with van der Waals surface area (Å²) < 4.78 is 0. The van der Waals surface area contributed by atoms with E-state index in [-0.39, 0.29) is 5.91 Å². The second kappa shape index (κ2) is 10.3. The monoisotopic (exact) mass is 449 g/mol. The summed E-state index contributed by atoms with van der Waals surface area (Å²) in [5, 5.41) is 9.52. The van der Waals surface area contributed by atoms with Crippen LogP contribution < -0.4 is 10.6 Å². The predicted molar refractivity (Wildman–Crippen MR) is 133 cm³/mol. The lowest BCUT2D eigenvalue weighted by molar-refractivity contribution is -0.117. The van der Waals surface area contributed by atoms with Crippen molar-refractivity contribution < 1.29 is 4.79 Å². The van der Waals surface area contributed by atoms with Crippen molar-refractivity contribution in [1.29, 1.82) is 0 Å². The molecule has 7 heteroatoms. The third kappa shape index (κ3) is 5.94. The van der Waals surface area contributed by atoms with Crippen molar-refractivity contribution in [2.75, 3.05) is 43.4 Å². The zero-order valence-electron chi connectivity index (χ0n) is 19.0. The molecular formula is C25H31N5OS. The van der Waals surface area contributed by atoms with Gasteiger partial charge < -0.3 is 10.6 Å². The lowest BCUT2D eigenvalue weighted by Crippen LogP contribution is -2.48. The number of benzene rings is 2. The summed E-state index contributed by atoms with van der Waals surface area (Å²) in [7, 11) is 0. The number of rotatable bonds is 7. The topological polar surface area (TPSA) is 60.5 Å². The van der Waals surface area contributed by atoms with Crippen molar-refractivity contribution in [3.8, 4) is 0 Å². The third-order valence-electron chi connectivity index (χ3n) is 5.82. The van der Waals surface area contributed by atoms with Crippen LogP contribution >= 0.6 is 11.3 Å². The van der Waals surface area contributed by atoms with Crippen LogP contribution in [0.1, 0.15) is 22.4 Å². The number of aromatic nitrogens is 1. The minimum absolute atomic E-state index is 0.0576. The van der Waals surface area contributed by atoms with Crippen molar-refractivity contribution in [2.24, 2.45) is 0 Å². The van der Waals surface area contributed by atoms with E-state index < -0.39 is 0 Å². The average Bonchev–Trinajstić information content (AvgIpc) is 3.21. The number of hydrogen-bond acceptors (Lipinski definition) is 6. The number of nitrogens with one attached hydrogen (secondary N) is 2. The molecule has 0 spiro atoms. The molecule has 2 heterocycles. The van der Waals surface area contributed by atoms with Gasteiger partial charge in [-0.2, -0.15) is 0 Å². The van der Waals surface area contributed by atoms with E-state index in [4.69, 9.17) is 4.98 Å². The molecule has 1 aliphatic rings. The fraction of sp³-hybridized carbons (Fsp3) is 0.360. The minimum Gasteiger partial charge on any atom is -0.332 e. The molecular weight excluding hydrogens is 418 g/mol. The first kappa shape index (κ1) is 22.5. The summed E-state index contributed by atoms with van der Waals surface area (Å²) >= 11 is 1.64. The highest BCUT2D eigenvalue weighted by molar-refractivity contribution is 7.13. The Bertz CT molecular complexity index is 1030. The minimum atomic E-state index is 0.0576. The number of anilines is 3. The Morgan fingerprint density at radius 3 is 2.31 bits per heavy atom. The van der Waals surface area contributed by atoms with Crippen LogP contribution in [0.3, 0.4) is 0 Å². The molecule has 2 N–H and O–H groups in total. The summed E-state index contributed by atoms with van der Waals surface area (Å²) in [5.41, 5.74) is 6.53. The Morgan fingerprint density at radius 2 is 1.62 bits per heavy atom. The fourth-order valence-corrected chi connectivity index (χ4v) is 4.65. The van der Waals surface area contributed by atoms with Gasteiger partial charge in [0.25, 0.3) is 0 Å². The molecule has 0 aliphatic carbocycles. The Balaban J connectivity index is 1.22. The molecule has 2 aromatic carbocycles. The van der Waals surface area contributed by atoms with Crippen LogP contribution in [-0.4, -0.2) is 53.4 Å². The molecule has 32 heavy (non-hydrogen) atoms. The zero-order chi connectivity index (χ0) is 22.5. The molecule has 1 saturated heterocycles. The van der Waals surface area contributed by atoms with Gasteiger partial charge in [0, 0.05) is 49.5 Å². The number of thiazole rings is 1. The quantitative estimate of drug-likeness (QED) is 0.553. The molecule has 0 bridgehead atoms. The first-order valence-corrected chi connectivity index (χ1v) is 11.9. The number of carbonyl (C=O) groups excluding carboxylic acids is 1. The normalized spacial score (nSPS) is 15.0. The molecule has 0 atom stereocenters. The Morgan fingerprint density at radius 1 is 0.969 bits per heavy atom. The number of hydrogen-bond donors (Lipinski definition) is 2. The van der Waals surface area contributed by atoms with Crippen LogP contribution in [0.4, 0.5) is 16.5 Å². The number of carbonyl (C=O) groups is 1. The molecule has 4 rings (SSSR count). The van der Waals surface area contributed by atoms with Gasteiger partial charge in [0.05, 0.1) is 12.2 Å². The standard InChI is InChI=1S/C25H31N5OS/c1-18-7-9-21(10-8-18)26-25-27-22(17-32-25)15-29-11-13-30(14-12-29)16-23(31)28-24-19(2)5-4-6-20(24)3/h4-10,17H,11-16H2,1-3H3,(H,26,27)(H,28,31). The van der Waals surface area contributed by atoms with E-state index in [0.29, 0.717) is 6.54 Å². The second-order valence-corrected chi connectivity index (χ2v) is 9.36. The first-order valence-electron chi connectivity index (χ1n) is 11.0. The van der Waals surface area contributed by atoms with Gasteiger partial charge in [0.15, 0.2) is 5.13 Å².